The molecule has 2 fully saturated rings. The van der Waals surface area contributed by atoms with Crippen LogP contribution in [0.3, 0.4) is 0 Å². The zero-order valence-corrected chi connectivity index (χ0v) is 17.3. The molecule has 1 aromatic carbocycles. The standard InChI is InChI=1S/C23H29N3O3/c1-25(2)21(27)15-17-9-14-29-23(16-17)10-12-26(13-11-23)22(28)20-8-7-18-5-3-4-6-19(18)24-20/h3-8,17H,9-16H2,1-2H3. The molecule has 4 rings (SSSR count). The van der Waals surface area contributed by atoms with E-state index in [1.165, 1.54) is 0 Å². The summed E-state index contributed by atoms with van der Waals surface area (Å²) in [5.41, 5.74) is 1.15. The van der Waals surface area contributed by atoms with Crippen LogP contribution in [0.5, 0.6) is 0 Å². The molecule has 6 heteroatoms. The minimum Gasteiger partial charge on any atom is -0.375 e. The highest BCUT2D eigenvalue weighted by molar-refractivity contribution is 5.95. The van der Waals surface area contributed by atoms with E-state index in [1.807, 2.05) is 55.4 Å². The number of hydrogen-bond donors (Lipinski definition) is 0. The molecule has 1 atom stereocenters. The molecule has 0 bridgehead atoms. The number of nitrogens with zero attached hydrogens (tertiary/aromatic N) is 3. The Hall–Kier alpha value is -2.47. The largest absolute Gasteiger partial charge is 0.375 e. The molecule has 6 nitrogen and oxygen atoms in total. The number of likely N-dealkylation sites (tertiary alicyclic amines) is 1. The zero-order valence-electron chi connectivity index (χ0n) is 17.3. The van der Waals surface area contributed by atoms with Gasteiger partial charge in [0, 0.05) is 45.6 Å². The van der Waals surface area contributed by atoms with Gasteiger partial charge < -0.3 is 14.5 Å². The van der Waals surface area contributed by atoms with Crippen molar-refractivity contribution in [3.8, 4) is 0 Å². The second kappa shape index (κ2) is 8.11. The maximum Gasteiger partial charge on any atom is 0.272 e. The van der Waals surface area contributed by atoms with Crippen molar-refractivity contribution in [1.82, 2.24) is 14.8 Å². The predicted octanol–water partition coefficient (Wildman–Crippen LogP) is 3.11. The highest BCUT2D eigenvalue weighted by atomic mass is 16.5. The molecule has 2 aliphatic rings. The molecular weight excluding hydrogens is 366 g/mol. The molecule has 0 radical (unpaired) electrons. The number of benzene rings is 1. The first-order valence-corrected chi connectivity index (χ1v) is 10.4. The van der Waals surface area contributed by atoms with Gasteiger partial charge in [-0.15, -0.1) is 0 Å². The quantitative estimate of drug-likeness (QED) is 0.801. The van der Waals surface area contributed by atoms with E-state index in [1.54, 1.807) is 4.90 Å². The third-order valence-electron chi connectivity index (χ3n) is 6.34. The molecule has 1 aromatic heterocycles. The minimum absolute atomic E-state index is 0.0132. The number of fused-ring (bicyclic) bond motifs is 1. The van der Waals surface area contributed by atoms with Gasteiger partial charge >= 0.3 is 0 Å². The number of ether oxygens (including phenoxy) is 1. The molecule has 1 unspecified atom stereocenters. The molecule has 2 aliphatic heterocycles. The highest BCUT2D eigenvalue weighted by Crippen LogP contribution is 2.39. The molecule has 29 heavy (non-hydrogen) atoms. The summed E-state index contributed by atoms with van der Waals surface area (Å²) >= 11 is 0. The Morgan fingerprint density at radius 3 is 2.69 bits per heavy atom. The number of pyridine rings is 1. The molecule has 2 amide bonds. The monoisotopic (exact) mass is 395 g/mol. The third-order valence-corrected chi connectivity index (χ3v) is 6.34. The molecule has 154 valence electrons. The lowest BCUT2D eigenvalue weighted by Gasteiger charge is -2.46. The van der Waals surface area contributed by atoms with Gasteiger partial charge in [-0.05, 0) is 43.7 Å². The number of amides is 2. The Bertz CT molecular complexity index is 903. The summed E-state index contributed by atoms with van der Waals surface area (Å²) < 4.78 is 6.19. The normalized spacial score (nSPS) is 21.3. The summed E-state index contributed by atoms with van der Waals surface area (Å²) in [6.45, 7) is 2.04. The lowest BCUT2D eigenvalue weighted by molar-refractivity contribution is -0.139. The van der Waals surface area contributed by atoms with E-state index in [2.05, 4.69) is 4.98 Å². The Morgan fingerprint density at radius 2 is 1.93 bits per heavy atom. The van der Waals surface area contributed by atoms with Gasteiger partial charge in [0.2, 0.25) is 5.91 Å². The van der Waals surface area contributed by atoms with Crippen LogP contribution in [-0.2, 0) is 9.53 Å². The topological polar surface area (TPSA) is 62.7 Å². The molecule has 0 aliphatic carbocycles. The maximum atomic E-state index is 13.0. The van der Waals surface area contributed by atoms with E-state index in [0.29, 0.717) is 37.7 Å². The van der Waals surface area contributed by atoms with E-state index < -0.39 is 0 Å². The SMILES string of the molecule is CN(C)C(=O)CC1CCOC2(CCN(C(=O)c3ccc4ccccc4n3)CC2)C1. The van der Waals surface area contributed by atoms with E-state index >= 15 is 0 Å². The predicted molar refractivity (Wildman–Crippen MR) is 112 cm³/mol. The van der Waals surface area contributed by atoms with E-state index in [0.717, 1.165) is 36.6 Å². The van der Waals surface area contributed by atoms with Gasteiger partial charge in [-0.25, -0.2) is 4.98 Å². The van der Waals surface area contributed by atoms with Crippen molar-refractivity contribution >= 4 is 22.7 Å². The first-order chi connectivity index (χ1) is 14.0. The third kappa shape index (κ3) is 4.27. The van der Waals surface area contributed by atoms with Crippen LogP contribution in [-0.4, -0.2) is 66.0 Å². The smallest absolute Gasteiger partial charge is 0.272 e. The Balaban J connectivity index is 1.39. The average Bonchev–Trinajstić information content (AvgIpc) is 2.73. The zero-order chi connectivity index (χ0) is 20.4. The van der Waals surface area contributed by atoms with Crippen LogP contribution in [0, 0.1) is 5.92 Å². The molecule has 3 heterocycles. The van der Waals surface area contributed by atoms with Crippen LogP contribution in [0.2, 0.25) is 0 Å². The van der Waals surface area contributed by atoms with Crippen molar-refractivity contribution in [2.45, 2.75) is 37.7 Å². The first-order valence-electron chi connectivity index (χ1n) is 10.4. The molecule has 0 N–H and O–H groups in total. The molecular formula is C23H29N3O3. The van der Waals surface area contributed by atoms with Crippen molar-refractivity contribution in [3.63, 3.8) is 0 Å². The number of aromatic nitrogens is 1. The van der Waals surface area contributed by atoms with E-state index in [9.17, 15) is 9.59 Å². The van der Waals surface area contributed by atoms with Crippen LogP contribution in [0.25, 0.3) is 10.9 Å². The number of carbonyl (C=O) groups excluding carboxylic acids is 2. The van der Waals surface area contributed by atoms with Crippen LogP contribution in [0.4, 0.5) is 0 Å². The number of carbonyl (C=O) groups is 2. The second-order valence-corrected chi connectivity index (χ2v) is 8.56. The van der Waals surface area contributed by atoms with E-state index in [4.69, 9.17) is 4.74 Å². The Labute approximate surface area is 171 Å². The van der Waals surface area contributed by atoms with E-state index in [-0.39, 0.29) is 17.4 Å². The Kier molecular flexibility index (Phi) is 5.54. The summed E-state index contributed by atoms with van der Waals surface area (Å²) in [5, 5.41) is 1.04. The fourth-order valence-corrected chi connectivity index (χ4v) is 4.55. The molecule has 1 spiro atoms. The van der Waals surface area contributed by atoms with Crippen molar-refractivity contribution in [1.29, 1.82) is 0 Å². The maximum absolute atomic E-state index is 13.0. The molecule has 0 saturated carbocycles. The number of piperidine rings is 1. The second-order valence-electron chi connectivity index (χ2n) is 8.56. The lowest BCUT2D eigenvalue weighted by atomic mass is 9.78. The van der Waals surface area contributed by atoms with Crippen LogP contribution >= 0.6 is 0 Å². The molecule has 2 aromatic rings. The van der Waals surface area contributed by atoms with Gasteiger partial charge in [0.05, 0.1) is 11.1 Å². The van der Waals surface area contributed by atoms with Gasteiger partial charge in [0.25, 0.3) is 5.91 Å². The summed E-state index contributed by atoms with van der Waals surface area (Å²) in [6.07, 6.45) is 4.06. The van der Waals surface area contributed by atoms with Gasteiger partial charge in [-0.1, -0.05) is 24.3 Å². The van der Waals surface area contributed by atoms with Crippen molar-refractivity contribution in [3.05, 3.63) is 42.1 Å². The summed E-state index contributed by atoms with van der Waals surface area (Å²) in [7, 11) is 3.62. The number of hydrogen-bond acceptors (Lipinski definition) is 4. The lowest BCUT2D eigenvalue weighted by Crippen LogP contribution is -2.51. The van der Waals surface area contributed by atoms with Gasteiger partial charge in [0.15, 0.2) is 0 Å². The highest BCUT2D eigenvalue weighted by Gasteiger charge is 2.41. The minimum atomic E-state index is -0.191. The average molecular weight is 396 g/mol. The Morgan fingerprint density at radius 1 is 1.17 bits per heavy atom. The summed E-state index contributed by atoms with van der Waals surface area (Å²) in [5.74, 6) is 0.533. The van der Waals surface area contributed by atoms with Crippen molar-refractivity contribution in [2.75, 3.05) is 33.8 Å². The summed E-state index contributed by atoms with van der Waals surface area (Å²) in [4.78, 5) is 33.2. The number of rotatable bonds is 3. The fraction of sp³-hybridized carbons (Fsp3) is 0.522. The fourth-order valence-electron chi connectivity index (χ4n) is 4.55. The van der Waals surface area contributed by atoms with Crippen LogP contribution in [0.1, 0.15) is 42.6 Å². The van der Waals surface area contributed by atoms with Crippen molar-refractivity contribution in [2.24, 2.45) is 5.92 Å². The summed E-state index contributed by atoms with van der Waals surface area (Å²) in [6, 6.07) is 11.6. The first kappa shape index (κ1) is 19.8. The van der Waals surface area contributed by atoms with Crippen molar-refractivity contribution < 1.29 is 14.3 Å². The van der Waals surface area contributed by atoms with Crippen LogP contribution in [0.15, 0.2) is 36.4 Å². The van der Waals surface area contributed by atoms with Gasteiger partial charge in [-0.2, -0.15) is 0 Å². The number of para-hydroxylation sites is 1. The van der Waals surface area contributed by atoms with Gasteiger partial charge in [0.1, 0.15) is 5.69 Å². The molecule has 2 saturated heterocycles. The van der Waals surface area contributed by atoms with Crippen LogP contribution < -0.4 is 0 Å². The van der Waals surface area contributed by atoms with Gasteiger partial charge in [-0.3, -0.25) is 9.59 Å².